The summed E-state index contributed by atoms with van der Waals surface area (Å²) in [5.74, 6) is 0.118. The second-order valence-corrected chi connectivity index (χ2v) is 9.09. The number of hydrogen-bond acceptors (Lipinski definition) is 3. The number of hydrogen-bond donors (Lipinski definition) is 0. The van der Waals surface area contributed by atoms with Gasteiger partial charge >= 0.3 is 0 Å². The number of halogens is 1. The van der Waals surface area contributed by atoms with Crippen molar-refractivity contribution in [2.24, 2.45) is 0 Å². The number of fused-ring (bicyclic) bond motifs is 1. The van der Waals surface area contributed by atoms with Gasteiger partial charge in [-0.1, -0.05) is 40.2 Å². The highest BCUT2D eigenvalue weighted by Crippen LogP contribution is 2.42. The number of pyridine rings is 2. The number of aromatic nitrogens is 2. The van der Waals surface area contributed by atoms with Crippen LogP contribution in [0.15, 0.2) is 102 Å². The molecular formula is C27H22BrN3O. The smallest absolute Gasteiger partial charge is 0.238 e. The molecule has 5 rings (SSSR count). The predicted octanol–water partition coefficient (Wildman–Crippen LogP) is 5.51. The van der Waals surface area contributed by atoms with Crippen molar-refractivity contribution in [1.82, 2.24) is 9.97 Å². The summed E-state index contributed by atoms with van der Waals surface area (Å²) in [6, 6.07) is 24.2. The Morgan fingerprint density at radius 2 is 1.41 bits per heavy atom. The second kappa shape index (κ2) is 8.67. The Morgan fingerprint density at radius 1 is 0.812 bits per heavy atom. The third-order valence-corrected chi connectivity index (χ3v) is 6.64. The quantitative estimate of drug-likeness (QED) is 0.376. The lowest BCUT2D eigenvalue weighted by molar-refractivity contribution is -0.125. The molecule has 0 saturated heterocycles. The van der Waals surface area contributed by atoms with Crippen LogP contribution in [0.4, 0.5) is 5.69 Å². The van der Waals surface area contributed by atoms with Gasteiger partial charge in [0.2, 0.25) is 5.91 Å². The fourth-order valence-corrected chi connectivity index (χ4v) is 5.10. The number of amides is 1. The van der Waals surface area contributed by atoms with Crippen LogP contribution in [0.1, 0.15) is 22.3 Å². The molecule has 1 amide bonds. The number of anilines is 1. The highest BCUT2D eigenvalue weighted by molar-refractivity contribution is 9.10. The van der Waals surface area contributed by atoms with Crippen molar-refractivity contribution in [2.45, 2.75) is 24.8 Å². The first kappa shape index (κ1) is 20.6. The van der Waals surface area contributed by atoms with Crippen LogP contribution in [0.3, 0.4) is 0 Å². The van der Waals surface area contributed by atoms with E-state index in [-0.39, 0.29) is 5.91 Å². The van der Waals surface area contributed by atoms with Gasteiger partial charge in [-0.2, -0.15) is 0 Å². The molecule has 2 aromatic heterocycles. The maximum Gasteiger partial charge on any atom is 0.238 e. The average Bonchev–Trinajstić information content (AvgIpc) is 2.83. The largest absolute Gasteiger partial charge is 0.307 e. The minimum Gasteiger partial charge on any atom is -0.307 e. The lowest BCUT2D eigenvalue weighted by atomic mass is 9.67. The molecule has 4 aromatic rings. The summed E-state index contributed by atoms with van der Waals surface area (Å²) >= 11 is 3.63. The molecule has 0 spiro atoms. The van der Waals surface area contributed by atoms with Crippen LogP contribution < -0.4 is 4.90 Å². The van der Waals surface area contributed by atoms with Gasteiger partial charge in [-0.15, -0.1) is 0 Å². The van der Waals surface area contributed by atoms with E-state index in [1.165, 1.54) is 0 Å². The van der Waals surface area contributed by atoms with Crippen molar-refractivity contribution < 1.29 is 4.79 Å². The van der Waals surface area contributed by atoms with Gasteiger partial charge in [0.05, 0.1) is 12.0 Å². The Hall–Kier alpha value is -3.31. The van der Waals surface area contributed by atoms with Gasteiger partial charge in [-0.05, 0) is 83.6 Å². The van der Waals surface area contributed by atoms with E-state index in [2.05, 4.69) is 38.0 Å². The summed E-state index contributed by atoms with van der Waals surface area (Å²) in [6.07, 6.45) is 8.35. The molecule has 0 saturated carbocycles. The summed E-state index contributed by atoms with van der Waals surface area (Å²) in [6.45, 7) is 0.548. The molecule has 1 aliphatic heterocycles. The molecule has 0 unspecified atom stereocenters. The summed E-state index contributed by atoms with van der Waals surface area (Å²) in [5, 5.41) is 0. The third-order valence-electron chi connectivity index (χ3n) is 6.14. The summed E-state index contributed by atoms with van der Waals surface area (Å²) < 4.78 is 1.01. The Labute approximate surface area is 196 Å². The van der Waals surface area contributed by atoms with Crippen molar-refractivity contribution in [2.75, 3.05) is 4.90 Å². The zero-order valence-corrected chi connectivity index (χ0v) is 19.1. The maximum atomic E-state index is 14.4. The number of carbonyl (C=O) groups is 1. The van der Waals surface area contributed by atoms with E-state index in [1.807, 2.05) is 65.6 Å². The molecule has 0 N–H and O–H groups in total. The number of nitrogens with zero attached hydrogens (tertiary/aromatic N) is 3. The standard InChI is InChI=1S/C27H22BrN3O/c28-23-6-7-25-22(16-23)19-31(24-4-2-1-3-5-24)26(32)27(25,17-20-8-12-29-13-9-20)18-21-10-14-30-15-11-21/h1-16H,17-19H2. The molecule has 0 fully saturated rings. The van der Waals surface area contributed by atoms with Crippen LogP contribution in [0, 0.1) is 0 Å². The Bertz CT molecular complexity index is 1190. The lowest BCUT2D eigenvalue weighted by Gasteiger charge is -2.44. The number of benzene rings is 2. The average molecular weight is 484 g/mol. The molecule has 3 heterocycles. The zero-order chi connectivity index (χ0) is 22.0. The summed E-state index contributed by atoms with van der Waals surface area (Å²) in [5.41, 5.74) is 4.60. The minimum atomic E-state index is -0.743. The van der Waals surface area contributed by atoms with Crippen LogP contribution in [0.5, 0.6) is 0 Å². The van der Waals surface area contributed by atoms with Gasteiger partial charge in [0, 0.05) is 34.9 Å². The maximum absolute atomic E-state index is 14.4. The molecule has 32 heavy (non-hydrogen) atoms. The molecule has 4 nitrogen and oxygen atoms in total. The Morgan fingerprint density at radius 3 is 2.00 bits per heavy atom. The van der Waals surface area contributed by atoms with Crippen molar-refractivity contribution in [1.29, 1.82) is 0 Å². The van der Waals surface area contributed by atoms with Gasteiger partial charge in [-0.3, -0.25) is 14.8 Å². The Kier molecular flexibility index (Phi) is 5.58. The van der Waals surface area contributed by atoms with Gasteiger partial charge in [0.1, 0.15) is 0 Å². The Balaban J connectivity index is 1.72. The van der Waals surface area contributed by atoms with Crippen LogP contribution in [-0.2, 0) is 29.6 Å². The van der Waals surface area contributed by atoms with Crippen LogP contribution >= 0.6 is 15.9 Å². The van der Waals surface area contributed by atoms with Gasteiger partial charge in [0.25, 0.3) is 0 Å². The molecular weight excluding hydrogens is 462 g/mol. The third kappa shape index (κ3) is 3.84. The van der Waals surface area contributed by atoms with Crippen molar-refractivity contribution in [3.63, 3.8) is 0 Å². The first-order valence-corrected chi connectivity index (χ1v) is 11.4. The van der Waals surface area contributed by atoms with E-state index >= 15 is 0 Å². The molecule has 1 aliphatic rings. The molecule has 0 aliphatic carbocycles. The van der Waals surface area contributed by atoms with Crippen molar-refractivity contribution in [3.05, 3.63) is 124 Å². The first-order chi connectivity index (χ1) is 15.7. The van der Waals surface area contributed by atoms with Crippen molar-refractivity contribution in [3.8, 4) is 0 Å². The van der Waals surface area contributed by atoms with E-state index < -0.39 is 5.41 Å². The first-order valence-electron chi connectivity index (χ1n) is 10.6. The highest BCUT2D eigenvalue weighted by atomic mass is 79.9. The topological polar surface area (TPSA) is 46.1 Å². The number of rotatable bonds is 5. The van der Waals surface area contributed by atoms with Gasteiger partial charge < -0.3 is 4.90 Å². The molecule has 158 valence electrons. The van der Waals surface area contributed by atoms with Crippen molar-refractivity contribution >= 4 is 27.5 Å². The number of carbonyl (C=O) groups excluding carboxylic acids is 1. The van der Waals surface area contributed by atoms with E-state index in [0.29, 0.717) is 19.4 Å². The minimum absolute atomic E-state index is 0.118. The van der Waals surface area contributed by atoms with E-state index in [4.69, 9.17) is 0 Å². The molecule has 0 radical (unpaired) electrons. The molecule has 0 atom stereocenters. The fourth-order valence-electron chi connectivity index (χ4n) is 4.69. The van der Waals surface area contributed by atoms with Crippen LogP contribution in [0.2, 0.25) is 0 Å². The fraction of sp³-hybridized carbons (Fsp3) is 0.148. The number of para-hydroxylation sites is 1. The van der Waals surface area contributed by atoms with Crippen LogP contribution in [-0.4, -0.2) is 15.9 Å². The van der Waals surface area contributed by atoms with Crippen LogP contribution in [0.25, 0.3) is 0 Å². The molecule has 2 aromatic carbocycles. The predicted molar refractivity (Wildman–Crippen MR) is 129 cm³/mol. The molecule has 5 heteroatoms. The lowest BCUT2D eigenvalue weighted by Crippen LogP contribution is -2.53. The molecule has 0 bridgehead atoms. The van der Waals surface area contributed by atoms with E-state index in [9.17, 15) is 4.79 Å². The van der Waals surface area contributed by atoms with Gasteiger partial charge in [0.15, 0.2) is 0 Å². The zero-order valence-electron chi connectivity index (χ0n) is 17.5. The normalized spacial score (nSPS) is 14.8. The monoisotopic (exact) mass is 483 g/mol. The highest BCUT2D eigenvalue weighted by Gasteiger charge is 2.47. The van der Waals surface area contributed by atoms with Gasteiger partial charge in [-0.25, -0.2) is 0 Å². The SMILES string of the molecule is O=C1N(c2ccccc2)Cc2cc(Br)ccc2C1(Cc1ccncc1)Cc1ccncc1. The summed E-state index contributed by atoms with van der Waals surface area (Å²) in [7, 11) is 0. The van der Waals surface area contributed by atoms with E-state index in [0.717, 1.165) is 32.4 Å². The van der Waals surface area contributed by atoms with E-state index in [1.54, 1.807) is 24.8 Å². The summed E-state index contributed by atoms with van der Waals surface area (Å²) in [4.78, 5) is 24.7. The second-order valence-electron chi connectivity index (χ2n) is 8.17.